The number of halogens is 2. The van der Waals surface area contributed by atoms with Gasteiger partial charge in [0.2, 0.25) is 0 Å². The van der Waals surface area contributed by atoms with Crippen molar-refractivity contribution in [3.05, 3.63) is 53.8 Å². The molecule has 0 spiro atoms. The van der Waals surface area contributed by atoms with Crippen molar-refractivity contribution in [2.75, 3.05) is 37.7 Å². The Morgan fingerprint density at radius 2 is 1.83 bits per heavy atom. The monoisotopic (exact) mass is 451 g/mol. The van der Waals surface area contributed by atoms with Crippen LogP contribution in [-0.4, -0.2) is 48.6 Å². The van der Waals surface area contributed by atoms with Crippen LogP contribution in [0.2, 0.25) is 0 Å². The standard InChI is InChI=1S/C22H26FN3O2S.ClH/c1-4-25(5-2)13-14-26(20(27)15-28-18-11-7-6-9-16(18)3)22-24-21-17(23)10-8-12-19(21)29-22;/h6-12H,4-5,13-15H2,1-3H3;1H. The van der Waals surface area contributed by atoms with Crippen molar-refractivity contribution in [1.82, 2.24) is 9.88 Å². The molecular weight excluding hydrogens is 425 g/mol. The number of amides is 1. The molecule has 8 heteroatoms. The van der Waals surface area contributed by atoms with E-state index in [1.165, 1.54) is 17.4 Å². The van der Waals surface area contributed by atoms with Gasteiger partial charge in [-0.1, -0.05) is 49.4 Å². The van der Waals surface area contributed by atoms with Gasteiger partial charge in [0.05, 0.1) is 4.70 Å². The Morgan fingerprint density at radius 3 is 2.50 bits per heavy atom. The van der Waals surface area contributed by atoms with Crippen molar-refractivity contribution in [3.8, 4) is 5.75 Å². The fraction of sp³-hybridized carbons (Fsp3) is 0.364. The molecule has 1 aromatic heterocycles. The summed E-state index contributed by atoms with van der Waals surface area (Å²) in [6.45, 7) is 8.99. The van der Waals surface area contributed by atoms with Crippen LogP contribution in [0.1, 0.15) is 19.4 Å². The van der Waals surface area contributed by atoms with E-state index in [2.05, 4.69) is 23.7 Å². The zero-order valence-electron chi connectivity index (χ0n) is 17.4. The van der Waals surface area contributed by atoms with Crippen molar-refractivity contribution < 1.29 is 13.9 Å². The summed E-state index contributed by atoms with van der Waals surface area (Å²) < 4.78 is 20.6. The SMILES string of the molecule is CCN(CC)CCN(C(=O)COc1ccccc1C)c1nc2c(F)cccc2s1.Cl. The Hall–Kier alpha value is -2.22. The molecule has 30 heavy (non-hydrogen) atoms. The minimum atomic E-state index is -0.377. The maximum absolute atomic E-state index is 14.1. The summed E-state index contributed by atoms with van der Waals surface area (Å²) in [5.41, 5.74) is 1.27. The van der Waals surface area contributed by atoms with Crippen LogP contribution < -0.4 is 9.64 Å². The molecule has 3 rings (SSSR count). The zero-order valence-corrected chi connectivity index (χ0v) is 19.1. The number of carbonyl (C=O) groups excluding carboxylic acids is 1. The van der Waals surface area contributed by atoms with Gasteiger partial charge in [0, 0.05) is 13.1 Å². The lowest BCUT2D eigenvalue weighted by molar-refractivity contribution is -0.120. The number of hydrogen-bond acceptors (Lipinski definition) is 5. The number of hydrogen-bond donors (Lipinski definition) is 0. The topological polar surface area (TPSA) is 45.7 Å². The number of thiazole rings is 1. The number of benzene rings is 2. The highest BCUT2D eigenvalue weighted by atomic mass is 35.5. The number of aryl methyl sites for hydroxylation is 1. The van der Waals surface area contributed by atoms with E-state index in [0.717, 1.165) is 23.4 Å². The van der Waals surface area contributed by atoms with Gasteiger partial charge in [-0.2, -0.15) is 0 Å². The Kier molecular flexibility index (Phi) is 9.02. The summed E-state index contributed by atoms with van der Waals surface area (Å²) in [5.74, 6) is 0.108. The number of aromatic nitrogens is 1. The molecule has 0 aliphatic heterocycles. The largest absolute Gasteiger partial charge is 0.483 e. The molecule has 1 heterocycles. The number of anilines is 1. The van der Waals surface area contributed by atoms with Crippen LogP contribution in [0.5, 0.6) is 5.75 Å². The molecule has 1 amide bonds. The van der Waals surface area contributed by atoms with Gasteiger partial charge in [0.15, 0.2) is 11.7 Å². The average molecular weight is 452 g/mol. The quantitative estimate of drug-likeness (QED) is 0.463. The molecule has 5 nitrogen and oxygen atoms in total. The van der Waals surface area contributed by atoms with Gasteiger partial charge in [-0.15, -0.1) is 12.4 Å². The molecule has 2 aromatic carbocycles. The number of likely N-dealkylation sites (N-methyl/N-ethyl adjacent to an activating group) is 1. The third-order valence-electron chi connectivity index (χ3n) is 4.87. The van der Waals surface area contributed by atoms with Crippen LogP contribution in [0.15, 0.2) is 42.5 Å². The fourth-order valence-electron chi connectivity index (χ4n) is 3.06. The first-order valence-electron chi connectivity index (χ1n) is 9.79. The van der Waals surface area contributed by atoms with E-state index in [4.69, 9.17) is 4.74 Å². The second kappa shape index (κ2) is 11.2. The highest BCUT2D eigenvalue weighted by Crippen LogP contribution is 2.30. The van der Waals surface area contributed by atoms with Crippen molar-refractivity contribution >= 4 is 45.0 Å². The summed E-state index contributed by atoms with van der Waals surface area (Å²) in [4.78, 5) is 21.3. The molecule has 0 saturated heterocycles. The van der Waals surface area contributed by atoms with E-state index < -0.39 is 0 Å². The molecule has 0 radical (unpaired) electrons. The molecule has 162 valence electrons. The Morgan fingerprint density at radius 1 is 1.10 bits per heavy atom. The average Bonchev–Trinajstić information content (AvgIpc) is 3.16. The predicted octanol–water partition coefficient (Wildman–Crippen LogP) is 4.92. The van der Waals surface area contributed by atoms with E-state index in [9.17, 15) is 9.18 Å². The maximum Gasteiger partial charge on any atom is 0.266 e. The fourth-order valence-corrected chi connectivity index (χ4v) is 4.09. The van der Waals surface area contributed by atoms with Crippen molar-refractivity contribution in [2.45, 2.75) is 20.8 Å². The lowest BCUT2D eigenvalue weighted by Crippen LogP contribution is -2.41. The normalized spacial score (nSPS) is 10.8. The zero-order chi connectivity index (χ0) is 20.8. The minimum absolute atomic E-state index is 0. The van der Waals surface area contributed by atoms with Gasteiger partial charge in [0.25, 0.3) is 5.91 Å². The molecule has 0 aliphatic rings. The Bertz CT molecular complexity index is 978. The molecule has 3 aromatic rings. The lowest BCUT2D eigenvalue weighted by atomic mass is 10.2. The number of rotatable bonds is 9. The first-order valence-corrected chi connectivity index (χ1v) is 10.6. The summed E-state index contributed by atoms with van der Waals surface area (Å²) in [6.07, 6.45) is 0. The summed E-state index contributed by atoms with van der Waals surface area (Å²) in [6, 6.07) is 12.4. The molecule has 0 fully saturated rings. The molecule has 0 atom stereocenters. The van der Waals surface area contributed by atoms with Crippen LogP contribution in [0.3, 0.4) is 0 Å². The predicted molar refractivity (Wildman–Crippen MR) is 124 cm³/mol. The number of ether oxygens (including phenoxy) is 1. The van der Waals surface area contributed by atoms with Gasteiger partial charge in [-0.3, -0.25) is 9.69 Å². The first kappa shape index (κ1) is 24.1. The third kappa shape index (κ3) is 5.68. The number of fused-ring (bicyclic) bond motifs is 1. The second-order valence-corrected chi connectivity index (χ2v) is 7.72. The smallest absolute Gasteiger partial charge is 0.266 e. The van der Waals surface area contributed by atoms with Crippen LogP contribution >= 0.6 is 23.7 Å². The van der Waals surface area contributed by atoms with Crippen molar-refractivity contribution in [3.63, 3.8) is 0 Å². The van der Waals surface area contributed by atoms with E-state index in [1.807, 2.05) is 37.3 Å². The molecule has 0 bridgehead atoms. The van der Waals surface area contributed by atoms with E-state index >= 15 is 0 Å². The third-order valence-corrected chi connectivity index (χ3v) is 5.91. The van der Waals surface area contributed by atoms with Crippen LogP contribution in [0.25, 0.3) is 10.2 Å². The molecule has 0 unspecified atom stereocenters. The second-order valence-electron chi connectivity index (χ2n) is 6.71. The minimum Gasteiger partial charge on any atom is -0.483 e. The van der Waals surface area contributed by atoms with Gasteiger partial charge in [-0.25, -0.2) is 9.37 Å². The van der Waals surface area contributed by atoms with Crippen LogP contribution in [-0.2, 0) is 4.79 Å². The van der Waals surface area contributed by atoms with E-state index in [1.54, 1.807) is 11.0 Å². The van der Waals surface area contributed by atoms with E-state index in [0.29, 0.717) is 29.5 Å². The van der Waals surface area contributed by atoms with Gasteiger partial charge >= 0.3 is 0 Å². The molecule has 0 saturated carbocycles. The number of para-hydroxylation sites is 2. The summed E-state index contributed by atoms with van der Waals surface area (Å²) in [5, 5.41) is 0.496. The Labute approximate surface area is 186 Å². The summed E-state index contributed by atoms with van der Waals surface area (Å²) >= 11 is 1.32. The molecular formula is C22H27ClFN3O2S. The Balaban J connectivity index is 0.00000320. The molecule has 0 aliphatic carbocycles. The highest BCUT2D eigenvalue weighted by molar-refractivity contribution is 7.22. The summed E-state index contributed by atoms with van der Waals surface area (Å²) in [7, 11) is 0. The van der Waals surface area contributed by atoms with Gasteiger partial charge in [0.1, 0.15) is 17.1 Å². The van der Waals surface area contributed by atoms with Gasteiger partial charge in [-0.05, 0) is 43.8 Å². The first-order chi connectivity index (χ1) is 14.0. The van der Waals surface area contributed by atoms with Crippen molar-refractivity contribution in [2.24, 2.45) is 0 Å². The maximum atomic E-state index is 14.1. The van der Waals surface area contributed by atoms with E-state index in [-0.39, 0.29) is 30.7 Å². The van der Waals surface area contributed by atoms with Crippen molar-refractivity contribution in [1.29, 1.82) is 0 Å². The lowest BCUT2D eigenvalue weighted by Gasteiger charge is -2.24. The number of carbonyl (C=O) groups is 1. The number of nitrogens with zero attached hydrogens (tertiary/aromatic N) is 3. The van der Waals surface area contributed by atoms with Gasteiger partial charge < -0.3 is 9.64 Å². The highest BCUT2D eigenvalue weighted by Gasteiger charge is 2.22. The van der Waals surface area contributed by atoms with Crippen LogP contribution in [0.4, 0.5) is 9.52 Å². The van der Waals surface area contributed by atoms with Crippen LogP contribution in [0, 0.1) is 12.7 Å². The molecule has 0 N–H and O–H groups in total.